The van der Waals surface area contributed by atoms with Crippen molar-refractivity contribution >= 4 is 21.8 Å². The molecule has 2 aromatic carbocycles. The summed E-state index contributed by atoms with van der Waals surface area (Å²) in [5, 5.41) is 2.75. The van der Waals surface area contributed by atoms with Gasteiger partial charge in [0.2, 0.25) is 0 Å². The quantitative estimate of drug-likeness (QED) is 0.481. The molecule has 0 saturated heterocycles. The van der Waals surface area contributed by atoms with Crippen molar-refractivity contribution in [1.82, 2.24) is 9.55 Å². The minimum Gasteiger partial charge on any atom is -0.353 e. The Hall–Kier alpha value is -2.48. The van der Waals surface area contributed by atoms with Gasteiger partial charge in [-0.3, -0.25) is 0 Å². The first kappa shape index (κ1) is 11.2. The number of rotatable bonds is 0. The summed E-state index contributed by atoms with van der Waals surface area (Å²) in [4.78, 5) is 3.65. The summed E-state index contributed by atoms with van der Waals surface area (Å²) in [5.74, 6) is 0. The molecule has 0 aliphatic carbocycles. The van der Waals surface area contributed by atoms with Crippen LogP contribution in [0, 0.1) is 6.92 Å². The highest BCUT2D eigenvalue weighted by Crippen LogP contribution is 2.40. The lowest BCUT2D eigenvalue weighted by Crippen LogP contribution is -2.10. The second kappa shape index (κ2) is 3.79. The van der Waals surface area contributed by atoms with Gasteiger partial charge in [-0.2, -0.15) is 0 Å². The fourth-order valence-corrected chi connectivity index (χ4v) is 3.92. The maximum atomic E-state index is 3.65. The van der Waals surface area contributed by atoms with Crippen LogP contribution in [0.25, 0.3) is 33.2 Å². The zero-order valence-corrected chi connectivity index (χ0v) is 12.0. The van der Waals surface area contributed by atoms with Crippen LogP contribution < -0.4 is 0 Å². The highest BCUT2D eigenvalue weighted by molar-refractivity contribution is 5.97. The summed E-state index contributed by atoms with van der Waals surface area (Å²) in [7, 11) is 0. The third-order valence-electron chi connectivity index (χ3n) is 4.86. The SMILES string of the molecule is Cc1c2n(c3ccccc13)CCc1c-2[nH]c2ccccc12. The van der Waals surface area contributed by atoms with Crippen LogP contribution in [0.15, 0.2) is 48.5 Å². The summed E-state index contributed by atoms with van der Waals surface area (Å²) >= 11 is 0. The fourth-order valence-electron chi connectivity index (χ4n) is 3.92. The molecular weight excluding hydrogens is 256 g/mol. The van der Waals surface area contributed by atoms with Crippen LogP contribution in [0.1, 0.15) is 11.1 Å². The molecule has 1 N–H and O–H groups in total. The number of hydrogen-bond acceptors (Lipinski definition) is 0. The maximum Gasteiger partial charge on any atom is 0.0689 e. The Morgan fingerprint density at radius 1 is 0.952 bits per heavy atom. The normalized spacial score (nSPS) is 13.6. The molecule has 5 rings (SSSR count). The molecule has 3 heterocycles. The predicted octanol–water partition coefficient (Wildman–Crippen LogP) is 4.65. The van der Waals surface area contributed by atoms with E-state index in [0.29, 0.717) is 0 Å². The molecule has 1 aliphatic heterocycles. The van der Waals surface area contributed by atoms with Crippen LogP contribution in [-0.4, -0.2) is 9.55 Å². The van der Waals surface area contributed by atoms with Gasteiger partial charge in [-0.15, -0.1) is 0 Å². The number of H-pyrrole nitrogens is 1. The lowest BCUT2D eigenvalue weighted by Gasteiger charge is -2.18. The Morgan fingerprint density at radius 2 is 1.71 bits per heavy atom. The van der Waals surface area contributed by atoms with E-state index in [1.165, 1.54) is 44.3 Å². The molecule has 0 amide bonds. The smallest absolute Gasteiger partial charge is 0.0689 e. The van der Waals surface area contributed by atoms with E-state index in [2.05, 4.69) is 65.0 Å². The third kappa shape index (κ3) is 1.32. The number of aromatic amines is 1. The van der Waals surface area contributed by atoms with E-state index < -0.39 is 0 Å². The maximum absolute atomic E-state index is 3.65. The van der Waals surface area contributed by atoms with Crippen LogP contribution in [-0.2, 0) is 13.0 Å². The summed E-state index contributed by atoms with van der Waals surface area (Å²) in [6.45, 7) is 3.31. The Labute approximate surface area is 123 Å². The first-order chi connectivity index (χ1) is 10.3. The fraction of sp³-hybridized carbons (Fsp3) is 0.158. The number of fused-ring (bicyclic) bond motifs is 7. The molecule has 0 saturated carbocycles. The predicted molar refractivity (Wildman–Crippen MR) is 87.7 cm³/mol. The van der Waals surface area contributed by atoms with Crippen molar-refractivity contribution in [3.05, 3.63) is 59.7 Å². The second-order valence-corrected chi connectivity index (χ2v) is 5.92. The molecule has 1 aliphatic rings. The molecule has 2 nitrogen and oxygen atoms in total. The van der Waals surface area contributed by atoms with Gasteiger partial charge in [0, 0.05) is 28.4 Å². The van der Waals surface area contributed by atoms with E-state index in [1.807, 2.05) is 0 Å². The van der Waals surface area contributed by atoms with Crippen molar-refractivity contribution in [3.63, 3.8) is 0 Å². The van der Waals surface area contributed by atoms with Crippen molar-refractivity contribution < 1.29 is 0 Å². The number of nitrogens with one attached hydrogen (secondary N) is 1. The highest BCUT2D eigenvalue weighted by atomic mass is 15.0. The molecule has 0 spiro atoms. The van der Waals surface area contributed by atoms with Crippen molar-refractivity contribution in [3.8, 4) is 11.4 Å². The van der Waals surface area contributed by atoms with Crippen molar-refractivity contribution in [2.75, 3.05) is 0 Å². The van der Waals surface area contributed by atoms with Gasteiger partial charge in [-0.25, -0.2) is 0 Å². The van der Waals surface area contributed by atoms with Crippen LogP contribution in [0.3, 0.4) is 0 Å². The molecule has 0 fully saturated rings. The zero-order valence-electron chi connectivity index (χ0n) is 12.0. The van der Waals surface area contributed by atoms with Gasteiger partial charge in [-0.1, -0.05) is 36.4 Å². The van der Waals surface area contributed by atoms with E-state index >= 15 is 0 Å². The average molecular weight is 272 g/mol. The second-order valence-electron chi connectivity index (χ2n) is 5.92. The van der Waals surface area contributed by atoms with Crippen LogP contribution >= 0.6 is 0 Å². The van der Waals surface area contributed by atoms with Gasteiger partial charge >= 0.3 is 0 Å². The van der Waals surface area contributed by atoms with Crippen LogP contribution in [0.4, 0.5) is 0 Å². The van der Waals surface area contributed by atoms with E-state index in [-0.39, 0.29) is 0 Å². The van der Waals surface area contributed by atoms with E-state index in [0.717, 1.165) is 13.0 Å². The first-order valence-electron chi connectivity index (χ1n) is 7.52. The summed E-state index contributed by atoms with van der Waals surface area (Å²) in [5.41, 5.74) is 8.15. The Bertz CT molecular complexity index is 1000. The Morgan fingerprint density at radius 3 is 2.62 bits per heavy atom. The van der Waals surface area contributed by atoms with Crippen LogP contribution in [0.5, 0.6) is 0 Å². The molecule has 0 atom stereocenters. The van der Waals surface area contributed by atoms with Gasteiger partial charge in [0.15, 0.2) is 0 Å². The van der Waals surface area contributed by atoms with Gasteiger partial charge in [0.1, 0.15) is 0 Å². The molecule has 2 aromatic heterocycles. The summed E-state index contributed by atoms with van der Waals surface area (Å²) in [6, 6.07) is 17.4. The number of nitrogens with zero attached hydrogens (tertiary/aromatic N) is 1. The molecule has 102 valence electrons. The molecule has 0 bridgehead atoms. The Balaban J connectivity index is 1.95. The minimum absolute atomic E-state index is 1.07. The number of aryl methyl sites for hydroxylation is 3. The lowest BCUT2D eigenvalue weighted by molar-refractivity contribution is 0.710. The third-order valence-corrected chi connectivity index (χ3v) is 4.86. The first-order valence-corrected chi connectivity index (χ1v) is 7.52. The highest BCUT2D eigenvalue weighted by Gasteiger charge is 2.24. The topological polar surface area (TPSA) is 20.7 Å². The lowest BCUT2D eigenvalue weighted by atomic mass is 10.0. The molecular formula is C19H16N2. The monoisotopic (exact) mass is 272 g/mol. The van der Waals surface area contributed by atoms with Crippen molar-refractivity contribution in [2.24, 2.45) is 0 Å². The standard InChI is InChI=1S/C19H16N2/c1-12-13-6-3-5-9-17(13)21-11-10-15-14-7-2-4-8-16(14)20-18(15)19(12)21/h2-9,20H,10-11H2,1H3. The molecule has 0 radical (unpaired) electrons. The Kier molecular flexibility index (Phi) is 2.02. The molecule has 21 heavy (non-hydrogen) atoms. The number of benzene rings is 2. The van der Waals surface area contributed by atoms with Gasteiger partial charge in [0.25, 0.3) is 0 Å². The zero-order chi connectivity index (χ0) is 14.0. The van der Waals surface area contributed by atoms with E-state index in [4.69, 9.17) is 0 Å². The molecule has 2 heteroatoms. The van der Waals surface area contributed by atoms with E-state index in [1.54, 1.807) is 0 Å². The van der Waals surface area contributed by atoms with Gasteiger partial charge in [0.05, 0.1) is 11.4 Å². The molecule has 4 aromatic rings. The molecule has 0 unspecified atom stereocenters. The van der Waals surface area contributed by atoms with Crippen molar-refractivity contribution in [2.45, 2.75) is 19.9 Å². The summed E-state index contributed by atoms with van der Waals surface area (Å²) < 4.78 is 2.47. The minimum atomic E-state index is 1.07. The number of aromatic nitrogens is 2. The number of hydrogen-bond donors (Lipinski definition) is 1. The number of para-hydroxylation sites is 2. The van der Waals surface area contributed by atoms with Gasteiger partial charge < -0.3 is 9.55 Å². The van der Waals surface area contributed by atoms with Gasteiger partial charge in [-0.05, 0) is 36.6 Å². The largest absolute Gasteiger partial charge is 0.353 e. The van der Waals surface area contributed by atoms with Crippen LogP contribution in [0.2, 0.25) is 0 Å². The van der Waals surface area contributed by atoms with E-state index in [9.17, 15) is 0 Å². The summed E-state index contributed by atoms with van der Waals surface area (Å²) in [6.07, 6.45) is 1.10. The average Bonchev–Trinajstić information content (AvgIpc) is 3.04. The van der Waals surface area contributed by atoms with Crippen molar-refractivity contribution in [1.29, 1.82) is 0 Å².